The fourth-order valence-corrected chi connectivity index (χ4v) is 11.2. The van der Waals surface area contributed by atoms with E-state index in [1.807, 2.05) is 33.8 Å². The molecule has 1 saturated heterocycles. The number of aliphatic hydroxyl groups excluding tert-OH is 2. The van der Waals surface area contributed by atoms with E-state index in [9.17, 15) is 29.4 Å². The maximum atomic E-state index is 14.5. The molecule has 378 valence electrons. The highest BCUT2D eigenvalue weighted by molar-refractivity contribution is 6.74. The number of piperidine rings is 1. The van der Waals surface area contributed by atoms with Gasteiger partial charge in [0.2, 0.25) is 0 Å². The second-order valence-electron chi connectivity index (χ2n) is 21.4. The summed E-state index contributed by atoms with van der Waals surface area (Å²) in [7, 11) is 4.10. The van der Waals surface area contributed by atoms with E-state index in [-0.39, 0.29) is 72.2 Å². The van der Waals surface area contributed by atoms with E-state index in [0.29, 0.717) is 44.9 Å². The molecule has 0 aromatic heterocycles. The van der Waals surface area contributed by atoms with Crippen LogP contribution in [0.15, 0.2) is 35.1 Å². The molecule has 1 aliphatic carbocycles. The van der Waals surface area contributed by atoms with Crippen molar-refractivity contribution in [1.29, 1.82) is 0 Å². The van der Waals surface area contributed by atoms with Crippen LogP contribution in [0.25, 0.3) is 0 Å². The van der Waals surface area contributed by atoms with Gasteiger partial charge in [-0.1, -0.05) is 66.2 Å². The molecule has 3 rings (SSSR count). The first-order chi connectivity index (χ1) is 30.9. The quantitative estimate of drug-likeness (QED) is 0.128. The zero-order valence-corrected chi connectivity index (χ0v) is 44.4. The molecular formula is C52H89NO12Si. The smallest absolute Gasteiger partial charge is 0.329 e. The van der Waals surface area contributed by atoms with Crippen LogP contribution in [0.4, 0.5) is 0 Å². The molecule has 13 atom stereocenters. The number of rotatable bonds is 9. The van der Waals surface area contributed by atoms with Gasteiger partial charge in [-0.15, -0.1) is 0 Å². The highest BCUT2D eigenvalue weighted by atomic mass is 28.4. The summed E-state index contributed by atoms with van der Waals surface area (Å²) in [6.45, 7) is 23.0. The lowest BCUT2D eigenvalue weighted by Gasteiger charge is -2.43. The molecule has 0 spiro atoms. The molecule has 1 saturated carbocycles. The molecule has 2 fully saturated rings. The number of esters is 1. The Bertz CT molecular complexity index is 1690. The Morgan fingerprint density at radius 1 is 0.864 bits per heavy atom. The Labute approximate surface area is 398 Å². The molecule has 2 aliphatic heterocycles. The lowest BCUT2D eigenvalue weighted by molar-refractivity contribution is -0.163. The molecule has 0 bridgehead atoms. The van der Waals surface area contributed by atoms with Gasteiger partial charge in [0.05, 0.1) is 43.7 Å². The molecule has 2 heterocycles. The van der Waals surface area contributed by atoms with Gasteiger partial charge in [-0.05, 0) is 114 Å². The Morgan fingerprint density at radius 2 is 1.53 bits per heavy atom. The van der Waals surface area contributed by atoms with Crippen LogP contribution in [0, 0.1) is 29.6 Å². The van der Waals surface area contributed by atoms with Crippen molar-refractivity contribution in [3.63, 3.8) is 0 Å². The number of cyclic esters (lactones) is 1. The van der Waals surface area contributed by atoms with E-state index in [4.69, 9.17) is 28.1 Å². The van der Waals surface area contributed by atoms with Crippen molar-refractivity contribution in [2.24, 2.45) is 29.6 Å². The van der Waals surface area contributed by atoms with Crippen molar-refractivity contribution in [2.45, 2.75) is 206 Å². The van der Waals surface area contributed by atoms with E-state index < -0.39 is 74.5 Å². The zero-order valence-electron chi connectivity index (χ0n) is 43.4. The summed E-state index contributed by atoms with van der Waals surface area (Å²) >= 11 is 0. The summed E-state index contributed by atoms with van der Waals surface area (Å²) in [6, 6.07) is -0.970. The number of aliphatic hydroxyl groups is 2. The van der Waals surface area contributed by atoms with Gasteiger partial charge in [-0.25, -0.2) is 4.79 Å². The van der Waals surface area contributed by atoms with Crippen molar-refractivity contribution in [2.75, 3.05) is 35.0 Å². The highest BCUT2D eigenvalue weighted by Gasteiger charge is 2.43. The molecular weight excluding hydrogens is 859 g/mol. The highest BCUT2D eigenvalue weighted by Crippen LogP contribution is 2.41. The number of allylic oxidation sites excluding steroid dienone is 4. The topological polar surface area (TPSA) is 167 Å². The molecule has 0 aromatic rings. The minimum Gasteiger partial charge on any atom is -0.491 e. The normalized spacial score (nSPS) is 35.9. The number of methoxy groups -OCH3 is 4. The fraction of sp³-hybridized carbons (Fsp3) is 0.808. The van der Waals surface area contributed by atoms with Crippen LogP contribution in [0.1, 0.15) is 139 Å². The summed E-state index contributed by atoms with van der Waals surface area (Å²) in [4.78, 5) is 57.9. The summed E-state index contributed by atoms with van der Waals surface area (Å²) in [5.41, 5.74) is 1.78. The SMILES string of the molecule is CC[C@@H]1/C=C(\C)C[C@H](C)CC(OC)[C@H](O)C[C@@H](OC)C[C@@H](C)C(=O)/C=C(/OC)C(=O)N2CCCC[C@H]2C(=O)OC(/C(C)=C/[C@@H]2CC[C@@H](O[Si](C)(C)C(C)(C)C)[C@H](OC)C2)[C@H](C)[C@@H](O)CC1=O. The molecule has 1 amide bonds. The second kappa shape index (κ2) is 26.3. The largest absolute Gasteiger partial charge is 0.491 e. The summed E-state index contributed by atoms with van der Waals surface area (Å²) < 4.78 is 36.4. The molecule has 3 aliphatic rings. The third-order valence-electron chi connectivity index (χ3n) is 15.1. The van der Waals surface area contributed by atoms with Crippen molar-refractivity contribution >= 4 is 31.8 Å². The maximum absolute atomic E-state index is 14.5. The van der Waals surface area contributed by atoms with Gasteiger partial charge in [-0.2, -0.15) is 0 Å². The Hall–Kier alpha value is -2.72. The van der Waals surface area contributed by atoms with Crippen LogP contribution in [0.5, 0.6) is 0 Å². The van der Waals surface area contributed by atoms with E-state index in [2.05, 4.69) is 46.9 Å². The number of hydrogen-bond acceptors (Lipinski definition) is 12. The Morgan fingerprint density at radius 3 is 2.12 bits per heavy atom. The number of carbonyl (C=O) groups is 4. The molecule has 2 N–H and O–H groups in total. The van der Waals surface area contributed by atoms with Crippen molar-refractivity contribution in [3.05, 3.63) is 35.1 Å². The van der Waals surface area contributed by atoms with Gasteiger partial charge in [0, 0.05) is 64.5 Å². The predicted molar refractivity (Wildman–Crippen MR) is 260 cm³/mol. The van der Waals surface area contributed by atoms with Crippen LogP contribution in [0.3, 0.4) is 0 Å². The van der Waals surface area contributed by atoms with Gasteiger partial charge in [0.15, 0.2) is 19.9 Å². The van der Waals surface area contributed by atoms with Crippen LogP contribution in [0.2, 0.25) is 18.1 Å². The maximum Gasteiger partial charge on any atom is 0.329 e. The summed E-state index contributed by atoms with van der Waals surface area (Å²) in [6.07, 6.45) is 7.42. The summed E-state index contributed by atoms with van der Waals surface area (Å²) in [5, 5.41) is 23.3. The van der Waals surface area contributed by atoms with Crippen LogP contribution < -0.4 is 0 Å². The number of carbonyl (C=O) groups excluding carboxylic acids is 4. The van der Waals surface area contributed by atoms with Gasteiger partial charge < -0.3 is 43.2 Å². The minimum absolute atomic E-state index is 0.0354. The van der Waals surface area contributed by atoms with Crippen molar-refractivity contribution < 1.29 is 57.5 Å². The first-order valence-corrected chi connectivity index (χ1v) is 27.6. The fourth-order valence-electron chi connectivity index (χ4n) is 9.80. The van der Waals surface area contributed by atoms with Crippen LogP contribution in [-0.4, -0.2) is 131 Å². The third-order valence-corrected chi connectivity index (χ3v) is 19.6. The van der Waals surface area contributed by atoms with Crippen molar-refractivity contribution in [1.82, 2.24) is 4.90 Å². The molecule has 66 heavy (non-hydrogen) atoms. The number of Topliss-reactive ketones (excluding diaryl/α,β-unsaturated/α-hetero) is 1. The molecule has 14 heteroatoms. The molecule has 0 radical (unpaired) electrons. The Balaban J connectivity index is 2.07. The third kappa shape index (κ3) is 16.2. The van der Waals surface area contributed by atoms with Crippen molar-refractivity contribution in [3.8, 4) is 0 Å². The summed E-state index contributed by atoms with van der Waals surface area (Å²) in [5.74, 6) is -3.38. The van der Waals surface area contributed by atoms with E-state index in [1.54, 1.807) is 28.3 Å². The number of ether oxygens (including phenoxy) is 5. The monoisotopic (exact) mass is 948 g/mol. The number of fused-ring (bicyclic) bond motifs is 1. The average molecular weight is 948 g/mol. The van der Waals surface area contributed by atoms with E-state index in [1.165, 1.54) is 18.1 Å². The molecule has 0 aromatic carbocycles. The average Bonchev–Trinajstić information content (AvgIpc) is 3.26. The zero-order chi connectivity index (χ0) is 49.7. The van der Waals surface area contributed by atoms with E-state index >= 15 is 0 Å². The lowest BCUT2D eigenvalue weighted by Crippen LogP contribution is -2.51. The van der Waals surface area contributed by atoms with Gasteiger partial charge in [0.1, 0.15) is 17.9 Å². The minimum atomic E-state index is -2.06. The van der Waals surface area contributed by atoms with Crippen LogP contribution in [-0.2, 0) is 47.3 Å². The first kappa shape index (κ1) is 57.6. The standard InChI is InChI=1S/C52H89NO12Si/c1-16-38-24-32(2)23-33(3)25-46(61-11)44(57)29-39(60-10)27-34(4)41(54)31-48(63-13)50(58)53-22-18-17-19-40(53)51(59)64-49(36(6)42(55)30-43(38)56)35(5)26-37-20-21-45(47(28-37)62-12)65-66(14,15)52(7,8)9/h24,26,31,33-34,36-40,42,44-47,49,55,57H,16-23,25,27-30H2,1-15H3/b32-24+,35-26+,48-31+/t33-,34+,36+,37-,38+,39-,40-,42-,44+,45+,46?,47+,49?/m0/s1. The molecule has 13 nitrogen and oxygen atoms in total. The van der Waals surface area contributed by atoms with Gasteiger partial charge >= 0.3 is 5.97 Å². The predicted octanol–water partition coefficient (Wildman–Crippen LogP) is 8.70. The Kier molecular flexibility index (Phi) is 23.0. The van der Waals surface area contributed by atoms with Gasteiger partial charge in [-0.3, -0.25) is 14.4 Å². The molecule has 2 unspecified atom stereocenters. The van der Waals surface area contributed by atoms with E-state index in [0.717, 1.165) is 24.0 Å². The second-order valence-corrected chi connectivity index (χ2v) is 26.2. The number of hydrogen-bond donors (Lipinski definition) is 2. The van der Waals surface area contributed by atoms with Gasteiger partial charge in [0.25, 0.3) is 5.91 Å². The number of ketones is 2. The number of amides is 1. The van der Waals surface area contributed by atoms with Crippen LogP contribution >= 0.6 is 0 Å². The number of nitrogens with zero attached hydrogens (tertiary/aromatic N) is 1. The lowest BCUT2D eigenvalue weighted by atomic mass is 9.81. The first-order valence-electron chi connectivity index (χ1n) is 24.7.